The molecular formula is C18H17N. The third-order valence-electron chi connectivity index (χ3n) is 3.50. The predicted molar refractivity (Wildman–Crippen MR) is 81.3 cm³/mol. The Balaban J connectivity index is 2.22. The lowest BCUT2D eigenvalue weighted by molar-refractivity contribution is 1.14. The Morgan fingerprint density at radius 1 is 0.947 bits per heavy atom. The highest BCUT2D eigenvalue weighted by molar-refractivity contribution is 5.94. The van der Waals surface area contributed by atoms with E-state index in [-0.39, 0.29) is 0 Å². The van der Waals surface area contributed by atoms with Crippen LogP contribution < -0.4 is 0 Å². The van der Waals surface area contributed by atoms with Gasteiger partial charge in [-0.05, 0) is 30.4 Å². The molecule has 0 fully saturated rings. The Morgan fingerprint density at radius 3 is 2.42 bits per heavy atom. The lowest BCUT2D eigenvalue weighted by Gasteiger charge is -2.08. The summed E-state index contributed by atoms with van der Waals surface area (Å²) in [5, 5.41) is 2.47. The van der Waals surface area contributed by atoms with Crippen LogP contribution in [0.15, 0.2) is 54.6 Å². The van der Waals surface area contributed by atoms with E-state index in [1.54, 1.807) is 0 Å². The molecule has 0 radical (unpaired) electrons. The molecule has 0 atom stereocenters. The summed E-state index contributed by atoms with van der Waals surface area (Å²) in [5.74, 6) is 0. The number of aryl methyl sites for hydroxylation is 2. The van der Waals surface area contributed by atoms with Gasteiger partial charge in [0, 0.05) is 16.6 Å². The molecule has 1 nitrogen and oxygen atoms in total. The van der Waals surface area contributed by atoms with Gasteiger partial charge in [0.15, 0.2) is 0 Å². The van der Waals surface area contributed by atoms with Crippen LogP contribution in [0.25, 0.3) is 22.0 Å². The SMILES string of the molecule is CCc1ccc(-c2nc(C)cc3ccccc23)cc1. The monoisotopic (exact) mass is 247 g/mol. The third kappa shape index (κ3) is 2.24. The van der Waals surface area contributed by atoms with Gasteiger partial charge in [0.1, 0.15) is 0 Å². The molecule has 0 amide bonds. The van der Waals surface area contributed by atoms with Crippen molar-refractivity contribution in [1.82, 2.24) is 4.98 Å². The number of benzene rings is 2. The molecule has 0 saturated carbocycles. The molecule has 0 unspecified atom stereocenters. The molecule has 0 aliphatic rings. The Morgan fingerprint density at radius 2 is 1.68 bits per heavy atom. The molecule has 1 aromatic heterocycles. The first-order valence-corrected chi connectivity index (χ1v) is 6.73. The molecule has 2 aromatic carbocycles. The standard InChI is InChI=1S/C18H17N/c1-3-14-8-10-15(11-9-14)18-17-7-5-4-6-16(17)12-13(2)19-18/h4-12H,3H2,1-2H3. The zero-order valence-corrected chi connectivity index (χ0v) is 11.4. The molecule has 0 bridgehead atoms. The number of rotatable bonds is 2. The fourth-order valence-corrected chi connectivity index (χ4v) is 2.45. The van der Waals surface area contributed by atoms with Gasteiger partial charge in [-0.1, -0.05) is 55.5 Å². The molecule has 0 N–H and O–H groups in total. The van der Waals surface area contributed by atoms with E-state index in [9.17, 15) is 0 Å². The van der Waals surface area contributed by atoms with Crippen molar-refractivity contribution in [3.8, 4) is 11.3 Å². The van der Waals surface area contributed by atoms with Crippen LogP contribution in [-0.2, 0) is 6.42 Å². The minimum absolute atomic E-state index is 1.06. The number of pyridine rings is 1. The van der Waals surface area contributed by atoms with Gasteiger partial charge in [0.25, 0.3) is 0 Å². The Hall–Kier alpha value is -2.15. The molecule has 19 heavy (non-hydrogen) atoms. The summed E-state index contributed by atoms with van der Waals surface area (Å²) < 4.78 is 0. The van der Waals surface area contributed by atoms with Gasteiger partial charge in [-0.25, -0.2) is 0 Å². The quantitative estimate of drug-likeness (QED) is 0.635. The van der Waals surface area contributed by atoms with Crippen molar-refractivity contribution < 1.29 is 0 Å². The van der Waals surface area contributed by atoms with Crippen LogP contribution in [0.3, 0.4) is 0 Å². The number of nitrogens with zero attached hydrogens (tertiary/aromatic N) is 1. The molecular weight excluding hydrogens is 230 g/mol. The first-order chi connectivity index (χ1) is 9.28. The smallest absolute Gasteiger partial charge is 0.0783 e. The van der Waals surface area contributed by atoms with Crippen molar-refractivity contribution in [2.24, 2.45) is 0 Å². The molecule has 0 aliphatic carbocycles. The average Bonchev–Trinajstić information content (AvgIpc) is 2.46. The van der Waals surface area contributed by atoms with E-state index in [2.05, 4.69) is 68.4 Å². The topological polar surface area (TPSA) is 12.9 Å². The predicted octanol–water partition coefficient (Wildman–Crippen LogP) is 4.77. The lowest BCUT2D eigenvalue weighted by atomic mass is 10.0. The molecule has 0 spiro atoms. The Kier molecular flexibility index (Phi) is 3.04. The van der Waals surface area contributed by atoms with E-state index in [0.717, 1.165) is 17.8 Å². The fourth-order valence-electron chi connectivity index (χ4n) is 2.45. The first kappa shape index (κ1) is 11.9. The van der Waals surface area contributed by atoms with E-state index in [4.69, 9.17) is 4.98 Å². The van der Waals surface area contributed by atoms with Gasteiger partial charge in [-0.15, -0.1) is 0 Å². The molecule has 3 rings (SSSR count). The van der Waals surface area contributed by atoms with Crippen molar-refractivity contribution in [2.45, 2.75) is 20.3 Å². The second kappa shape index (κ2) is 4.85. The van der Waals surface area contributed by atoms with Gasteiger partial charge < -0.3 is 0 Å². The maximum atomic E-state index is 4.73. The summed E-state index contributed by atoms with van der Waals surface area (Å²) in [7, 11) is 0. The van der Waals surface area contributed by atoms with E-state index in [0.29, 0.717) is 0 Å². The summed E-state index contributed by atoms with van der Waals surface area (Å²) >= 11 is 0. The average molecular weight is 247 g/mol. The van der Waals surface area contributed by atoms with E-state index in [1.165, 1.54) is 21.9 Å². The lowest BCUT2D eigenvalue weighted by Crippen LogP contribution is -1.90. The van der Waals surface area contributed by atoms with Gasteiger partial charge in [-0.2, -0.15) is 0 Å². The number of hydrogen-bond donors (Lipinski definition) is 0. The summed E-state index contributed by atoms with van der Waals surface area (Å²) in [6, 6.07) is 19.3. The van der Waals surface area contributed by atoms with E-state index >= 15 is 0 Å². The molecule has 3 aromatic rings. The van der Waals surface area contributed by atoms with Crippen molar-refractivity contribution >= 4 is 10.8 Å². The minimum atomic E-state index is 1.06. The largest absolute Gasteiger partial charge is 0.252 e. The summed E-state index contributed by atoms with van der Waals surface area (Å²) in [5.41, 5.74) is 4.70. The van der Waals surface area contributed by atoms with Crippen molar-refractivity contribution in [1.29, 1.82) is 0 Å². The second-order valence-electron chi connectivity index (χ2n) is 4.88. The van der Waals surface area contributed by atoms with Gasteiger partial charge >= 0.3 is 0 Å². The van der Waals surface area contributed by atoms with Crippen LogP contribution in [0.2, 0.25) is 0 Å². The number of hydrogen-bond acceptors (Lipinski definition) is 1. The highest BCUT2D eigenvalue weighted by Gasteiger charge is 2.06. The fraction of sp³-hybridized carbons (Fsp3) is 0.167. The maximum Gasteiger partial charge on any atom is 0.0783 e. The summed E-state index contributed by atoms with van der Waals surface area (Å²) in [4.78, 5) is 4.73. The molecule has 1 heterocycles. The Labute approximate surface area is 113 Å². The third-order valence-corrected chi connectivity index (χ3v) is 3.50. The highest BCUT2D eigenvalue weighted by atomic mass is 14.7. The normalized spacial score (nSPS) is 10.8. The summed E-state index contributed by atoms with van der Waals surface area (Å²) in [6.07, 6.45) is 1.07. The van der Waals surface area contributed by atoms with Gasteiger partial charge in [-0.3, -0.25) is 4.98 Å². The summed E-state index contributed by atoms with van der Waals surface area (Å²) in [6.45, 7) is 4.23. The minimum Gasteiger partial charge on any atom is -0.252 e. The van der Waals surface area contributed by atoms with Crippen LogP contribution in [0.4, 0.5) is 0 Å². The maximum absolute atomic E-state index is 4.73. The molecule has 1 heteroatoms. The Bertz CT molecular complexity index is 711. The van der Waals surface area contributed by atoms with Crippen LogP contribution in [0.5, 0.6) is 0 Å². The highest BCUT2D eigenvalue weighted by Crippen LogP contribution is 2.27. The second-order valence-corrected chi connectivity index (χ2v) is 4.88. The van der Waals surface area contributed by atoms with Crippen molar-refractivity contribution in [3.63, 3.8) is 0 Å². The van der Waals surface area contributed by atoms with Gasteiger partial charge in [0.2, 0.25) is 0 Å². The zero-order chi connectivity index (χ0) is 13.2. The van der Waals surface area contributed by atoms with Crippen LogP contribution >= 0.6 is 0 Å². The first-order valence-electron chi connectivity index (χ1n) is 6.73. The van der Waals surface area contributed by atoms with Crippen LogP contribution in [-0.4, -0.2) is 4.98 Å². The number of fused-ring (bicyclic) bond motifs is 1. The van der Waals surface area contributed by atoms with E-state index in [1.807, 2.05) is 0 Å². The van der Waals surface area contributed by atoms with Crippen molar-refractivity contribution in [3.05, 3.63) is 65.9 Å². The zero-order valence-electron chi connectivity index (χ0n) is 11.4. The molecule has 94 valence electrons. The molecule has 0 saturated heterocycles. The van der Waals surface area contributed by atoms with Crippen LogP contribution in [0, 0.1) is 6.92 Å². The molecule has 0 aliphatic heterocycles. The number of aromatic nitrogens is 1. The van der Waals surface area contributed by atoms with Crippen molar-refractivity contribution in [2.75, 3.05) is 0 Å². The van der Waals surface area contributed by atoms with E-state index < -0.39 is 0 Å². The van der Waals surface area contributed by atoms with Crippen LogP contribution in [0.1, 0.15) is 18.2 Å². The van der Waals surface area contributed by atoms with Gasteiger partial charge in [0.05, 0.1) is 5.69 Å².